The molecule has 0 atom stereocenters. The van der Waals surface area contributed by atoms with Gasteiger partial charge in [0.15, 0.2) is 0 Å². The largest absolute Gasteiger partial charge is 0.433 e. The molecule has 0 aliphatic heterocycles. The molecule has 0 aromatic carbocycles. The maximum Gasteiger partial charge on any atom is 0.433 e. The van der Waals surface area contributed by atoms with Crippen LogP contribution in [0, 0.1) is 0 Å². The van der Waals surface area contributed by atoms with Crippen LogP contribution in [0.5, 0.6) is 0 Å². The summed E-state index contributed by atoms with van der Waals surface area (Å²) in [5.41, 5.74) is 4.62. The highest BCUT2D eigenvalue weighted by molar-refractivity contribution is 5.38. The second kappa shape index (κ2) is 3.51. The molecule has 2 rings (SSSR count). The highest BCUT2D eigenvalue weighted by atomic mass is 19.4. The van der Waals surface area contributed by atoms with Gasteiger partial charge in [0.05, 0.1) is 5.69 Å². The van der Waals surface area contributed by atoms with E-state index in [-0.39, 0.29) is 11.5 Å². The maximum atomic E-state index is 12.6. The second-order valence-electron chi connectivity index (χ2n) is 3.07. The SMILES string of the molecule is Nc1cc(C(F)(F)F)n(-c2ccncc2)n1. The van der Waals surface area contributed by atoms with Crippen LogP contribution in [0.25, 0.3) is 5.69 Å². The summed E-state index contributed by atoms with van der Waals surface area (Å²) < 4.78 is 38.6. The van der Waals surface area contributed by atoms with Crippen molar-refractivity contribution in [2.45, 2.75) is 6.18 Å². The lowest BCUT2D eigenvalue weighted by Gasteiger charge is -2.09. The van der Waals surface area contributed by atoms with Crippen LogP contribution in [0.4, 0.5) is 19.0 Å². The van der Waals surface area contributed by atoms with Gasteiger partial charge in [-0.1, -0.05) is 0 Å². The van der Waals surface area contributed by atoms with E-state index in [9.17, 15) is 13.2 Å². The van der Waals surface area contributed by atoms with Crippen LogP contribution in [0.3, 0.4) is 0 Å². The van der Waals surface area contributed by atoms with E-state index in [1.54, 1.807) is 0 Å². The van der Waals surface area contributed by atoms with Gasteiger partial charge in [0.2, 0.25) is 0 Å². The van der Waals surface area contributed by atoms with E-state index in [2.05, 4.69) is 10.1 Å². The van der Waals surface area contributed by atoms with Crippen molar-refractivity contribution in [1.82, 2.24) is 14.8 Å². The van der Waals surface area contributed by atoms with Crippen molar-refractivity contribution in [3.63, 3.8) is 0 Å². The summed E-state index contributed by atoms with van der Waals surface area (Å²) in [6.45, 7) is 0. The number of rotatable bonds is 1. The molecule has 0 aliphatic carbocycles. The van der Waals surface area contributed by atoms with Crippen LogP contribution < -0.4 is 5.73 Å². The van der Waals surface area contributed by atoms with Gasteiger partial charge in [-0.25, -0.2) is 4.68 Å². The predicted molar refractivity (Wildman–Crippen MR) is 50.8 cm³/mol. The Kier molecular flexibility index (Phi) is 2.30. The van der Waals surface area contributed by atoms with Crippen LogP contribution >= 0.6 is 0 Å². The molecule has 7 heteroatoms. The summed E-state index contributed by atoms with van der Waals surface area (Å²) >= 11 is 0. The molecule has 2 heterocycles. The lowest BCUT2D eigenvalue weighted by Crippen LogP contribution is -2.13. The smallest absolute Gasteiger partial charge is 0.382 e. The number of hydrogen-bond acceptors (Lipinski definition) is 3. The summed E-state index contributed by atoms with van der Waals surface area (Å²) in [5, 5.41) is 3.59. The van der Waals surface area contributed by atoms with Crippen LogP contribution in [0.2, 0.25) is 0 Å². The number of alkyl halides is 3. The second-order valence-corrected chi connectivity index (χ2v) is 3.07. The first-order valence-corrected chi connectivity index (χ1v) is 4.31. The molecule has 0 saturated heterocycles. The highest BCUT2D eigenvalue weighted by Gasteiger charge is 2.36. The molecule has 0 aliphatic rings. The zero-order chi connectivity index (χ0) is 11.8. The number of anilines is 1. The van der Waals surface area contributed by atoms with Gasteiger partial charge in [0.25, 0.3) is 0 Å². The Morgan fingerprint density at radius 1 is 1.19 bits per heavy atom. The Morgan fingerprint density at radius 3 is 2.38 bits per heavy atom. The molecule has 2 aromatic heterocycles. The molecule has 0 saturated carbocycles. The standard InChI is InChI=1S/C9H7F3N4/c10-9(11,12)7-5-8(13)15-16(7)6-1-3-14-4-2-6/h1-5H,(H2,13,15). The molecule has 4 nitrogen and oxygen atoms in total. The van der Waals surface area contributed by atoms with E-state index in [1.807, 2.05) is 0 Å². The number of halogens is 3. The third-order valence-corrected chi connectivity index (χ3v) is 1.93. The van der Waals surface area contributed by atoms with Gasteiger partial charge in [-0.2, -0.15) is 18.3 Å². The molecule has 84 valence electrons. The van der Waals surface area contributed by atoms with Crippen molar-refractivity contribution in [2.75, 3.05) is 5.73 Å². The summed E-state index contributed by atoms with van der Waals surface area (Å²) in [4.78, 5) is 3.72. The third kappa shape index (κ3) is 1.83. The Morgan fingerprint density at radius 2 is 1.81 bits per heavy atom. The lowest BCUT2D eigenvalue weighted by molar-refractivity contribution is -0.142. The predicted octanol–water partition coefficient (Wildman–Crippen LogP) is 1.87. The Bertz CT molecular complexity index is 489. The van der Waals surface area contributed by atoms with Gasteiger partial charge < -0.3 is 5.73 Å². The molecule has 2 aromatic rings. The van der Waals surface area contributed by atoms with Crippen LogP contribution in [0.15, 0.2) is 30.6 Å². The fourth-order valence-electron chi connectivity index (χ4n) is 1.28. The van der Waals surface area contributed by atoms with Gasteiger partial charge in [-0.3, -0.25) is 4.98 Å². The molecule has 2 N–H and O–H groups in total. The Labute approximate surface area is 88.5 Å². The molecular formula is C9H7F3N4. The van der Waals surface area contributed by atoms with Crippen LogP contribution in [-0.4, -0.2) is 14.8 Å². The number of nitrogens with two attached hydrogens (primary N) is 1. The molecule has 16 heavy (non-hydrogen) atoms. The van der Waals surface area contributed by atoms with Gasteiger partial charge in [0, 0.05) is 18.5 Å². The quantitative estimate of drug-likeness (QED) is 0.810. The van der Waals surface area contributed by atoms with Gasteiger partial charge in [-0.15, -0.1) is 0 Å². The van der Waals surface area contributed by atoms with E-state index in [0.29, 0.717) is 0 Å². The maximum absolute atomic E-state index is 12.6. The molecule has 0 radical (unpaired) electrons. The van der Waals surface area contributed by atoms with Crippen LogP contribution in [0.1, 0.15) is 5.69 Å². The van der Waals surface area contributed by atoms with Crippen molar-refractivity contribution in [3.05, 3.63) is 36.3 Å². The minimum Gasteiger partial charge on any atom is -0.382 e. The van der Waals surface area contributed by atoms with Gasteiger partial charge in [-0.05, 0) is 12.1 Å². The molecule has 0 unspecified atom stereocenters. The summed E-state index contributed by atoms with van der Waals surface area (Å²) in [5.74, 6) is -0.177. The summed E-state index contributed by atoms with van der Waals surface area (Å²) in [6, 6.07) is 3.63. The molecular weight excluding hydrogens is 221 g/mol. The third-order valence-electron chi connectivity index (χ3n) is 1.93. The Hall–Kier alpha value is -2.05. The Balaban J connectivity index is 2.58. The highest BCUT2D eigenvalue weighted by Crippen LogP contribution is 2.31. The van der Waals surface area contributed by atoms with Crippen molar-refractivity contribution in [3.8, 4) is 5.69 Å². The number of hydrogen-bond donors (Lipinski definition) is 1. The van der Waals surface area contributed by atoms with Crippen molar-refractivity contribution in [1.29, 1.82) is 0 Å². The lowest BCUT2D eigenvalue weighted by atomic mass is 10.3. The average molecular weight is 228 g/mol. The minimum absolute atomic E-state index is 0.177. The molecule has 0 amide bonds. The molecule has 0 spiro atoms. The number of aromatic nitrogens is 3. The normalized spacial score (nSPS) is 11.7. The zero-order valence-electron chi connectivity index (χ0n) is 7.94. The summed E-state index contributed by atoms with van der Waals surface area (Å²) in [7, 11) is 0. The topological polar surface area (TPSA) is 56.7 Å². The average Bonchev–Trinajstić information content (AvgIpc) is 2.61. The fourth-order valence-corrected chi connectivity index (χ4v) is 1.28. The van der Waals surface area contributed by atoms with Crippen LogP contribution in [-0.2, 0) is 6.18 Å². The van der Waals surface area contributed by atoms with E-state index in [0.717, 1.165) is 10.7 Å². The first kappa shape index (κ1) is 10.5. The minimum atomic E-state index is -4.49. The van der Waals surface area contributed by atoms with Crippen molar-refractivity contribution < 1.29 is 13.2 Å². The van der Waals surface area contributed by atoms with Gasteiger partial charge in [0.1, 0.15) is 11.5 Å². The zero-order valence-corrected chi connectivity index (χ0v) is 7.94. The first-order valence-electron chi connectivity index (χ1n) is 4.31. The van der Waals surface area contributed by atoms with E-state index in [4.69, 9.17) is 5.73 Å². The van der Waals surface area contributed by atoms with Crippen molar-refractivity contribution >= 4 is 5.82 Å². The van der Waals surface area contributed by atoms with E-state index in [1.165, 1.54) is 24.5 Å². The number of nitrogen functional groups attached to an aromatic ring is 1. The summed E-state index contributed by atoms with van der Waals surface area (Å²) in [6.07, 6.45) is -1.73. The molecule has 0 fully saturated rings. The fraction of sp³-hybridized carbons (Fsp3) is 0.111. The number of nitrogens with zero attached hydrogens (tertiary/aromatic N) is 3. The first-order chi connectivity index (χ1) is 7.48. The van der Waals surface area contributed by atoms with Crippen molar-refractivity contribution in [2.24, 2.45) is 0 Å². The van der Waals surface area contributed by atoms with E-state index < -0.39 is 11.9 Å². The number of pyridine rings is 1. The van der Waals surface area contributed by atoms with E-state index >= 15 is 0 Å². The molecule has 0 bridgehead atoms. The monoisotopic (exact) mass is 228 g/mol. The van der Waals surface area contributed by atoms with Gasteiger partial charge >= 0.3 is 6.18 Å².